The summed E-state index contributed by atoms with van der Waals surface area (Å²) in [6.07, 6.45) is 8.81. The van der Waals surface area contributed by atoms with Crippen molar-refractivity contribution in [2.24, 2.45) is 5.92 Å². The summed E-state index contributed by atoms with van der Waals surface area (Å²) in [6.45, 7) is 8.68. The second kappa shape index (κ2) is 8.97. The highest BCUT2D eigenvalue weighted by molar-refractivity contribution is 5.85. The Bertz CT molecular complexity index is 332. The molecule has 1 N–H and O–H groups in total. The summed E-state index contributed by atoms with van der Waals surface area (Å²) < 4.78 is 5.43. The van der Waals surface area contributed by atoms with Crippen molar-refractivity contribution in [1.82, 2.24) is 10.2 Å². The van der Waals surface area contributed by atoms with Crippen LogP contribution in [0.4, 0.5) is 4.79 Å². The zero-order valence-corrected chi connectivity index (χ0v) is 15.2. The molecule has 1 aliphatic heterocycles. The maximum atomic E-state index is 12.0. The van der Waals surface area contributed by atoms with Gasteiger partial charge in [-0.3, -0.25) is 0 Å². The number of unbranched alkanes of at least 4 members (excludes halogenated alkanes) is 1. The van der Waals surface area contributed by atoms with Gasteiger partial charge >= 0.3 is 6.09 Å². The first kappa shape index (κ1) is 19.6. The van der Waals surface area contributed by atoms with Crippen LogP contribution in [0.2, 0.25) is 0 Å². The molecule has 130 valence electrons. The Balaban J connectivity index is 0.00000242. The van der Waals surface area contributed by atoms with E-state index in [9.17, 15) is 4.79 Å². The van der Waals surface area contributed by atoms with Gasteiger partial charge in [0.15, 0.2) is 0 Å². The minimum atomic E-state index is -0.386. The van der Waals surface area contributed by atoms with Gasteiger partial charge in [-0.15, -0.1) is 12.4 Å². The second-order valence-electron chi connectivity index (χ2n) is 7.63. The number of amides is 1. The smallest absolute Gasteiger partial charge is 0.410 e. The number of piperidine rings is 1. The molecule has 1 saturated carbocycles. The molecule has 2 fully saturated rings. The number of nitrogens with zero attached hydrogens (tertiary/aromatic N) is 1. The number of carbonyl (C=O) groups is 1. The van der Waals surface area contributed by atoms with Crippen LogP contribution >= 0.6 is 12.4 Å². The number of hydrogen-bond acceptors (Lipinski definition) is 3. The third-order valence-electron chi connectivity index (χ3n) is 4.32. The van der Waals surface area contributed by atoms with Crippen molar-refractivity contribution >= 4 is 18.5 Å². The molecule has 2 aliphatic rings. The van der Waals surface area contributed by atoms with Crippen molar-refractivity contribution in [3.05, 3.63) is 0 Å². The van der Waals surface area contributed by atoms with Crippen LogP contribution in [0.1, 0.15) is 65.7 Å². The van der Waals surface area contributed by atoms with Crippen LogP contribution in [0.25, 0.3) is 0 Å². The lowest BCUT2D eigenvalue weighted by molar-refractivity contribution is 0.0180. The van der Waals surface area contributed by atoms with Gasteiger partial charge in [-0.1, -0.05) is 12.8 Å². The van der Waals surface area contributed by atoms with E-state index in [4.69, 9.17) is 4.74 Å². The first-order chi connectivity index (χ1) is 9.94. The van der Waals surface area contributed by atoms with E-state index in [1.54, 1.807) is 0 Å². The van der Waals surface area contributed by atoms with Crippen molar-refractivity contribution in [3.8, 4) is 0 Å². The third kappa shape index (κ3) is 7.68. The summed E-state index contributed by atoms with van der Waals surface area (Å²) in [4.78, 5) is 13.9. The van der Waals surface area contributed by atoms with Gasteiger partial charge in [0.1, 0.15) is 5.60 Å². The Morgan fingerprint density at radius 1 is 1.14 bits per heavy atom. The third-order valence-corrected chi connectivity index (χ3v) is 4.32. The fraction of sp³-hybridized carbons (Fsp3) is 0.941. The maximum Gasteiger partial charge on any atom is 0.410 e. The van der Waals surface area contributed by atoms with Crippen molar-refractivity contribution in [1.29, 1.82) is 0 Å². The molecule has 1 amide bonds. The summed E-state index contributed by atoms with van der Waals surface area (Å²) in [5.74, 6) is 0.796. The molecule has 1 heterocycles. The largest absolute Gasteiger partial charge is 0.444 e. The number of likely N-dealkylation sites (tertiary alicyclic amines) is 1. The zero-order chi connectivity index (χ0) is 15.3. The summed E-state index contributed by atoms with van der Waals surface area (Å²) in [5.41, 5.74) is -0.386. The molecule has 0 atom stereocenters. The fourth-order valence-electron chi connectivity index (χ4n) is 2.88. The van der Waals surface area contributed by atoms with Gasteiger partial charge in [-0.2, -0.15) is 0 Å². The molecule has 0 aromatic rings. The normalized spacial score (nSPS) is 19.7. The quantitative estimate of drug-likeness (QED) is 0.748. The molecular formula is C17H33ClN2O2. The molecule has 0 unspecified atom stereocenters. The molecule has 1 aliphatic carbocycles. The number of nitrogens with one attached hydrogen (secondary N) is 1. The minimum Gasteiger partial charge on any atom is -0.444 e. The molecule has 4 nitrogen and oxygen atoms in total. The van der Waals surface area contributed by atoms with Gasteiger partial charge in [0.2, 0.25) is 0 Å². The zero-order valence-electron chi connectivity index (χ0n) is 14.4. The summed E-state index contributed by atoms with van der Waals surface area (Å²) in [7, 11) is 0. The van der Waals surface area contributed by atoms with Gasteiger partial charge in [0, 0.05) is 19.1 Å². The van der Waals surface area contributed by atoms with E-state index in [2.05, 4.69) is 5.32 Å². The molecule has 0 bridgehead atoms. The lowest BCUT2D eigenvalue weighted by atomic mass is 9.92. The monoisotopic (exact) mass is 332 g/mol. The molecule has 0 spiro atoms. The number of ether oxygens (including phenoxy) is 1. The topological polar surface area (TPSA) is 41.6 Å². The van der Waals surface area contributed by atoms with E-state index in [0.717, 1.165) is 37.9 Å². The van der Waals surface area contributed by atoms with E-state index >= 15 is 0 Å². The van der Waals surface area contributed by atoms with Crippen molar-refractivity contribution in [3.63, 3.8) is 0 Å². The highest BCUT2D eigenvalue weighted by Crippen LogP contribution is 2.24. The molecule has 0 radical (unpaired) electrons. The van der Waals surface area contributed by atoms with E-state index in [1.165, 1.54) is 38.6 Å². The van der Waals surface area contributed by atoms with Gasteiger partial charge in [0.25, 0.3) is 0 Å². The predicted octanol–water partition coefficient (Wildman–Crippen LogP) is 3.98. The van der Waals surface area contributed by atoms with Crippen LogP contribution in [0.3, 0.4) is 0 Å². The lowest BCUT2D eigenvalue weighted by Gasteiger charge is -2.33. The number of halogens is 1. The van der Waals surface area contributed by atoms with E-state index in [1.807, 2.05) is 25.7 Å². The highest BCUT2D eigenvalue weighted by atomic mass is 35.5. The first-order valence-corrected chi connectivity index (χ1v) is 8.65. The number of rotatable bonds is 6. The average molecular weight is 333 g/mol. The Kier molecular flexibility index (Phi) is 7.98. The molecular weight excluding hydrogens is 300 g/mol. The Hall–Kier alpha value is -0.480. The van der Waals surface area contributed by atoms with Gasteiger partial charge in [-0.25, -0.2) is 4.79 Å². The number of hydrogen-bond donors (Lipinski definition) is 1. The van der Waals surface area contributed by atoms with Crippen molar-refractivity contribution in [2.75, 3.05) is 19.6 Å². The van der Waals surface area contributed by atoms with E-state index in [0.29, 0.717) is 0 Å². The standard InChI is InChI=1S/C17H32N2O2.ClH/c1-17(2,3)21-16(20)19-12-9-14(10-13-19)6-4-5-11-18-15-7-8-15;/h14-15,18H,4-13H2,1-3H3;1H. The molecule has 0 aromatic carbocycles. The van der Waals surface area contributed by atoms with Crippen LogP contribution in [0.15, 0.2) is 0 Å². The summed E-state index contributed by atoms with van der Waals surface area (Å²) in [5, 5.41) is 3.57. The number of carbonyl (C=O) groups excluding carboxylic acids is 1. The van der Waals surface area contributed by atoms with Crippen LogP contribution in [-0.4, -0.2) is 42.3 Å². The fourth-order valence-corrected chi connectivity index (χ4v) is 2.88. The summed E-state index contributed by atoms with van der Waals surface area (Å²) in [6, 6.07) is 0.835. The van der Waals surface area contributed by atoms with Crippen LogP contribution in [-0.2, 0) is 4.74 Å². The molecule has 22 heavy (non-hydrogen) atoms. The van der Waals surface area contributed by atoms with Gasteiger partial charge < -0.3 is 15.0 Å². The van der Waals surface area contributed by atoms with Gasteiger partial charge in [-0.05, 0) is 65.3 Å². The molecule has 2 rings (SSSR count). The predicted molar refractivity (Wildman–Crippen MR) is 92.7 cm³/mol. The first-order valence-electron chi connectivity index (χ1n) is 8.65. The van der Waals surface area contributed by atoms with Crippen molar-refractivity contribution < 1.29 is 9.53 Å². The highest BCUT2D eigenvalue weighted by Gasteiger charge is 2.26. The second-order valence-corrected chi connectivity index (χ2v) is 7.63. The minimum absolute atomic E-state index is 0. The average Bonchev–Trinajstić information content (AvgIpc) is 3.21. The van der Waals surface area contributed by atoms with Crippen LogP contribution in [0.5, 0.6) is 0 Å². The molecule has 5 heteroatoms. The lowest BCUT2D eigenvalue weighted by Crippen LogP contribution is -2.41. The van der Waals surface area contributed by atoms with Gasteiger partial charge in [0.05, 0.1) is 0 Å². The Labute approximate surface area is 141 Å². The van der Waals surface area contributed by atoms with E-state index in [-0.39, 0.29) is 24.1 Å². The van der Waals surface area contributed by atoms with Crippen LogP contribution < -0.4 is 5.32 Å². The summed E-state index contributed by atoms with van der Waals surface area (Å²) >= 11 is 0. The molecule has 0 aromatic heterocycles. The van der Waals surface area contributed by atoms with E-state index < -0.39 is 0 Å². The Morgan fingerprint density at radius 2 is 1.77 bits per heavy atom. The van der Waals surface area contributed by atoms with Crippen LogP contribution in [0, 0.1) is 5.92 Å². The maximum absolute atomic E-state index is 12.0. The SMILES string of the molecule is CC(C)(C)OC(=O)N1CCC(CCCCNC2CC2)CC1.Cl. The van der Waals surface area contributed by atoms with Crippen molar-refractivity contribution in [2.45, 2.75) is 77.4 Å². The molecule has 1 saturated heterocycles. The Morgan fingerprint density at radius 3 is 2.32 bits per heavy atom.